The Morgan fingerprint density at radius 2 is 2.40 bits per heavy atom. The number of piperidine rings is 1. The highest BCUT2D eigenvalue weighted by Gasteiger charge is 2.21. The van der Waals surface area contributed by atoms with Crippen LogP contribution in [0.4, 0.5) is 0 Å². The van der Waals surface area contributed by atoms with E-state index in [1.54, 1.807) is 0 Å². The van der Waals surface area contributed by atoms with Gasteiger partial charge in [-0.05, 0) is 44.7 Å². The molecule has 1 atom stereocenters. The monoisotopic (exact) mass is 211 g/mol. The summed E-state index contributed by atoms with van der Waals surface area (Å²) in [6, 6.07) is 0. The molecule has 0 aromatic rings. The maximum atomic E-state index is 10.6. The summed E-state index contributed by atoms with van der Waals surface area (Å²) in [4.78, 5) is 13.0. The molecular weight excluding hydrogens is 190 g/mol. The fraction of sp³-hybridized carbons (Fsp3) is 0.750. The Labute approximate surface area is 91.8 Å². The van der Waals surface area contributed by atoms with Crippen molar-refractivity contribution in [3.63, 3.8) is 0 Å². The molecule has 1 fully saturated rings. The van der Waals surface area contributed by atoms with Crippen LogP contribution in [0.15, 0.2) is 12.7 Å². The van der Waals surface area contributed by atoms with Gasteiger partial charge in [-0.3, -0.25) is 4.79 Å². The lowest BCUT2D eigenvalue weighted by Crippen LogP contribution is -2.36. The fourth-order valence-corrected chi connectivity index (χ4v) is 2.23. The molecule has 1 aliphatic heterocycles. The van der Waals surface area contributed by atoms with Gasteiger partial charge in [-0.15, -0.1) is 6.58 Å². The van der Waals surface area contributed by atoms with Crippen molar-refractivity contribution in [2.75, 3.05) is 19.6 Å². The number of carboxylic acids is 1. The van der Waals surface area contributed by atoms with Gasteiger partial charge in [0.05, 0.1) is 0 Å². The van der Waals surface area contributed by atoms with Crippen LogP contribution in [0.1, 0.15) is 32.1 Å². The summed E-state index contributed by atoms with van der Waals surface area (Å²) in [5.41, 5.74) is 0. The van der Waals surface area contributed by atoms with Crippen LogP contribution in [0.3, 0.4) is 0 Å². The Morgan fingerprint density at radius 3 is 3.07 bits per heavy atom. The first kappa shape index (κ1) is 12.2. The fourth-order valence-electron chi connectivity index (χ4n) is 2.23. The van der Waals surface area contributed by atoms with Crippen LogP contribution in [0.25, 0.3) is 0 Å². The predicted molar refractivity (Wildman–Crippen MR) is 60.8 cm³/mol. The zero-order valence-electron chi connectivity index (χ0n) is 9.32. The lowest BCUT2D eigenvalue weighted by atomic mass is 9.95. The minimum absolute atomic E-state index is 0.331. The van der Waals surface area contributed by atoms with E-state index in [9.17, 15) is 4.79 Å². The number of hydrogen-bond acceptors (Lipinski definition) is 2. The van der Waals surface area contributed by atoms with E-state index in [2.05, 4.69) is 11.5 Å². The van der Waals surface area contributed by atoms with E-state index in [1.165, 1.54) is 0 Å². The molecule has 1 unspecified atom stereocenters. The first-order valence-corrected chi connectivity index (χ1v) is 5.77. The third-order valence-corrected chi connectivity index (χ3v) is 2.95. The number of allylic oxidation sites excluding steroid dienone is 1. The summed E-state index contributed by atoms with van der Waals surface area (Å²) in [5.74, 6) is -0.298. The molecule has 1 rings (SSSR count). The molecule has 15 heavy (non-hydrogen) atoms. The molecule has 0 amide bonds. The number of rotatable bonds is 6. The predicted octanol–water partition coefficient (Wildman–Crippen LogP) is 2.14. The molecule has 0 aromatic carbocycles. The second-order valence-electron chi connectivity index (χ2n) is 4.34. The SMILES string of the molecule is C=CCCCN1CCCC(CC(=O)O)C1. The van der Waals surface area contributed by atoms with Crippen LogP contribution in [0, 0.1) is 5.92 Å². The Bertz CT molecular complexity index is 216. The van der Waals surface area contributed by atoms with Crippen molar-refractivity contribution in [3.8, 4) is 0 Å². The number of carbonyl (C=O) groups is 1. The van der Waals surface area contributed by atoms with Crippen LogP contribution in [0.5, 0.6) is 0 Å². The number of aliphatic carboxylic acids is 1. The average Bonchev–Trinajstić information content (AvgIpc) is 2.18. The topological polar surface area (TPSA) is 40.5 Å². The van der Waals surface area contributed by atoms with Gasteiger partial charge in [0.25, 0.3) is 0 Å². The molecule has 3 heteroatoms. The summed E-state index contributed by atoms with van der Waals surface area (Å²) in [7, 11) is 0. The second-order valence-corrected chi connectivity index (χ2v) is 4.34. The number of nitrogens with zero attached hydrogens (tertiary/aromatic N) is 1. The quantitative estimate of drug-likeness (QED) is 0.540. The van der Waals surface area contributed by atoms with Gasteiger partial charge in [0.15, 0.2) is 0 Å². The van der Waals surface area contributed by atoms with Crippen molar-refractivity contribution in [2.45, 2.75) is 32.1 Å². The molecule has 1 heterocycles. The summed E-state index contributed by atoms with van der Waals surface area (Å²) in [5, 5.41) is 8.73. The minimum Gasteiger partial charge on any atom is -0.481 e. The first-order chi connectivity index (χ1) is 7.22. The summed E-state index contributed by atoms with van der Waals surface area (Å²) < 4.78 is 0. The number of hydrogen-bond donors (Lipinski definition) is 1. The van der Waals surface area contributed by atoms with Crippen LogP contribution >= 0.6 is 0 Å². The normalized spacial score (nSPS) is 22.5. The van der Waals surface area contributed by atoms with Crippen molar-refractivity contribution in [1.29, 1.82) is 0 Å². The molecule has 0 aromatic heterocycles. The first-order valence-electron chi connectivity index (χ1n) is 5.77. The van der Waals surface area contributed by atoms with Crippen LogP contribution < -0.4 is 0 Å². The average molecular weight is 211 g/mol. The van der Waals surface area contributed by atoms with E-state index in [0.29, 0.717) is 12.3 Å². The van der Waals surface area contributed by atoms with Crippen LogP contribution in [-0.2, 0) is 4.79 Å². The van der Waals surface area contributed by atoms with E-state index >= 15 is 0 Å². The van der Waals surface area contributed by atoms with Crippen molar-refractivity contribution in [3.05, 3.63) is 12.7 Å². The van der Waals surface area contributed by atoms with Gasteiger partial charge < -0.3 is 10.0 Å². The van der Waals surface area contributed by atoms with Crippen molar-refractivity contribution < 1.29 is 9.90 Å². The van der Waals surface area contributed by atoms with E-state index < -0.39 is 5.97 Å². The molecule has 86 valence electrons. The largest absolute Gasteiger partial charge is 0.481 e. The number of unbranched alkanes of at least 4 members (excludes halogenated alkanes) is 1. The molecule has 0 spiro atoms. The molecule has 0 bridgehead atoms. The summed E-state index contributed by atoms with van der Waals surface area (Å²) in [6.45, 7) is 6.88. The van der Waals surface area contributed by atoms with Gasteiger partial charge >= 0.3 is 5.97 Å². The molecule has 0 radical (unpaired) electrons. The highest BCUT2D eigenvalue weighted by molar-refractivity contribution is 5.67. The second kappa shape index (κ2) is 6.62. The highest BCUT2D eigenvalue weighted by Crippen LogP contribution is 2.19. The molecular formula is C12H21NO2. The maximum absolute atomic E-state index is 10.6. The van der Waals surface area contributed by atoms with Gasteiger partial charge in [-0.1, -0.05) is 6.08 Å². The Hall–Kier alpha value is -0.830. The maximum Gasteiger partial charge on any atom is 0.303 e. The Morgan fingerprint density at radius 1 is 1.60 bits per heavy atom. The standard InChI is InChI=1S/C12H21NO2/c1-2-3-4-7-13-8-5-6-11(10-13)9-12(14)15/h2,11H,1,3-10H2,(H,14,15). The molecule has 0 saturated carbocycles. The summed E-state index contributed by atoms with van der Waals surface area (Å²) in [6.07, 6.45) is 6.69. The lowest BCUT2D eigenvalue weighted by Gasteiger charge is -2.31. The Kier molecular flexibility index (Phi) is 5.40. The number of likely N-dealkylation sites (tertiary alicyclic amines) is 1. The number of carboxylic acid groups (broad SMARTS) is 1. The zero-order valence-corrected chi connectivity index (χ0v) is 9.32. The minimum atomic E-state index is -0.659. The van der Waals surface area contributed by atoms with Crippen LogP contribution in [0.2, 0.25) is 0 Å². The third kappa shape index (κ3) is 4.98. The van der Waals surface area contributed by atoms with Gasteiger partial charge in [-0.2, -0.15) is 0 Å². The summed E-state index contributed by atoms with van der Waals surface area (Å²) >= 11 is 0. The van der Waals surface area contributed by atoms with Crippen molar-refractivity contribution in [1.82, 2.24) is 4.90 Å². The van der Waals surface area contributed by atoms with Crippen molar-refractivity contribution in [2.24, 2.45) is 5.92 Å². The van der Waals surface area contributed by atoms with Gasteiger partial charge in [0.1, 0.15) is 0 Å². The molecule has 1 N–H and O–H groups in total. The van der Waals surface area contributed by atoms with Crippen molar-refractivity contribution >= 4 is 5.97 Å². The van der Waals surface area contributed by atoms with Gasteiger partial charge in [0.2, 0.25) is 0 Å². The van der Waals surface area contributed by atoms with E-state index in [-0.39, 0.29) is 0 Å². The van der Waals surface area contributed by atoms with E-state index in [1.807, 2.05) is 6.08 Å². The van der Waals surface area contributed by atoms with E-state index in [0.717, 1.165) is 45.3 Å². The lowest BCUT2D eigenvalue weighted by molar-refractivity contribution is -0.138. The Balaban J connectivity index is 2.22. The molecule has 1 aliphatic rings. The zero-order chi connectivity index (χ0) is 11.1. The van der Waals surface area contributed by atoms with E-state index in [4.69, 9.17) is 5.11 Å². The molecule has 0 aliphatic carbocycles. The van der Waals surface area contributed by atoms with Gasteiger partial charge in [-0.25, -0.2) is 0 Å². The molecule has 3 nitrogen and oxygen atoms in total. The molecule has 1 saturated heterocycles. The van der Waals surface area contributed by atoms with Gasteiger partial charge in [0, 0.05) is 13.0 Å². The highest BCUT2D eigenvalue weighted by atomic mass is 16.4. The van der Waals surface area contributed by atoms with Crippen LogP contribution in [-0.4, -0.2) is 35.6 Å². The third-order valence-electron chi connectivity index (χ3n) is 2.95. The smallest absolute Gasteiger partial charge is 0.303 e.